The maximum absolute atomic E-state index is 5.75. The zero-order valence-corrected chi connectivity index (χ0v) is 8.76. The van der Waals surface area contributed by atoms with Crippen LogP contribution < -0.4 is 5.73 Å². The molecule has 1 aromatic heterocycles. The first-order chi connectivity index (χ1) is 6.59. The summed E-state index contributed by atoms with van der Waals surface area (Å²) in [5, 5.41) is 1.16. The Morgan fingerprint density at radius 1 is 1.07 bits per heavy atom. The highest BCUT2D eigenvalue weighted by atomic mass is 14.7. The number of anilines is 1. The number of fused-ring (bicyclic) bond motifs is 1. The van der Waals surface area contributed by atoms with E-state index in [1.165, 1.54) is 11.1 Å². The van der Waals surface area contributed by atoms with E-state index in [1.807, 2.05) is 25.1 Å². The van der Waals surface area contributed by atoms with Crippen LogP contribution in [-0.4, -0.2) is 4.98 Å². The number of aromatic nitrogens is 1. The fourth-order valence-electron chi connectivity index (χ4n) is 1.69. The van der Waals surface area contributed by atoms with Gasteiger partial charge in [-0.05, 0) is 50.1 Å². The number of nitrogen functional groups attached to an aromatic ring is 1. The zero-order valence-electron chi connectivity index (χ0n) is 8.76. The minimum absolute atomic E-state index is 0.797. The molecule has 0 saturated heterocycles. The van der Waals surface area contributed by atoms with Crippen LogP contribution in [0, 0.1) is 20.8 Å². The van der Waals surface area contributed by atoms with Crippen molar-refractivity contribution in [3.05, 3.63) is 35.0 Å². The quantitative estimate of drug-likeness (QED) is 0.642. The second-order valence-electron chi connectivity index (χ2n) is 3.72. The van der Waals surface area contributed by atoms with Crippen molar-refractivity contribution in [2.24, 2.45) is 0 Å². The third-order valence-corrected chi connectivity index (χ3v) is 2.82. The van der Waals surface area contributed by atoms with E-state index in [9.17, 15) is 0 Å². The lowest BCUT2D eigenvalue weighted by Crippen LogP contribution is -1.94. The fraction of sp³-hybridized carbons (Fsp3) is 0.250. The van der Waals surface area contributed by atoms with Crippen LogP contribution in [0.5, 0.6) is 0 Å². The number of aryl methyl sites for hydroxylation is 2. The van der Waals surface area contributed by atoms with Crippen LogP contribution in [0.25, 0.3) is 10.9 Å². The number of nitrogens with zero attached hydrogens (tertiary/aromatic N) is 1. The van der Waals surface area contributed by atoms with Crippen molar-refractivity contribution in [3.63, 3.8) is 0 Å². The van der Waals surface area contributed by atoms with E-state index >= 15 is 0 Å². The molecule has 0 spiro atoms. The van der Waals surface area contributed by atoms with Gasteiger partial charge in [-0.2, -0.15) is 0 Å². The molecule has 2 aromatic rings. The van der Waals surface area contributed by atoms with Crippen LogP contribution in [-0.2, 0) is 0 Å². The van der Waals surface area contributed by atoms with Crippen LogP contribution >= 0.6 is 0 Å². The molecule has 1 aromatic carbocycles. The Kier molecular flexibility index (Phi) is 1.92. The molecule has 0 aliphatic carbocycles. The van der Waals surface area contributed by atoms with Crippen molar-refractivity contribution < 1.29 is 0 Å². The molecule has 0 radical (unpaired) electrons. The molecule has 0 amide bonds. The van der Waals surface area contributed by atoms with Crippen molar-refractivity contribution in [1.29, 1.82) is 0 Å². The molecular formula is C12H14N2. The number of nitrogens with two attached hydrogens (primary N) is 1. The highest BCUT2D eigenvalue weighted by Gasteiger charge is 2.05. The second kappa shape index (κ2) is 2.98. The Morgan fingerprint density at radius 3 is 2.50 bits per heavy atom. The number of hydrogen-bond donors (Lipinski definition) is 1. The predicted octanol–water partition coefficient (Wildman–Crippen LogP) is 2.74. The van der Waals surface area contributed by atoms with E-state index in [-0.39, 0.29) is 0 Å². The molecule has 0 aliphatic rings. The van der Waals surface area contributed by atoms with Crippen LogP contribution in [0.4, 0.5) is 5.69 Å². The Hall–Kier alpha value is -1.57. The minimum Gasteiger partial charge on any atom is -0.399 e. The smallest absolute Gasteiger partial charge is 0.0709 e. The molecule has 14 heavy (non-hydrogen) atoms. The maximum atomic E-state index is 5.75. The van der Waals surface area contributed by atoms with Crippen LogP contribution in [0.1, 0.15) is 16.8 Å². The largest absolute Gasteiger partial charge is 0.399 e. The highest BCUT2D eigenvalue weighted by molar-refractivity contribution is 5.86. The van der Waals surface area contributed by atoms with Gasteiger partial charge in [0, 0.05) is 16.8 Å². The normalized spacial score (nSPS) is 10.8. The first-order valence-electron chi connectivity index (χ1n) is 4.72. The molecule has 0 atom stereocenters. The average molecular weight is 186 g/mol. The molecule has 0 saturated carbocycles. The summed E-state index contributed by atoms with van der Waals surface area (Å²) in [6.45, 7) is 6.25. The maximum Gasteiger partial charge on any atom is 0.0709 e. The standard InChI is InChI=1S/C12H14N2/c1-7-8(2)11-6-10(13)4-5-12(11)14-9(7)3/h4-6H,13H2,1-3H3. The van der Waals surface area contributed by atoms with Gasteiger partial charge in [0.25, 0.3) is 0 Å². The van der Waals surface area contributed by atoms with Crippen LogP contribution in [0.2, 0.25) is 0 Å². The number of rotatable bonds is 0. The van der Waals surface area contributed by atoms with Gasteiger partial charge in [0.1, 0.15) is 0 Å². The van der Waals surface area contributed by atoms with Gasteiger partial charge in [0.05, 0.1) is 5.52 Å². The van der Waals surface area contributed by atoms with E-state index < -0.39 is 0 Å². The molecule has 0 bridgehead atoms. The second-order valence-corrected chi connectivity index (χ2v) is 3.72. The van der Waals surface area contributed by atoms with Gasteiger partial charge in [0.15, 0.2) is 0 Å². The van der Waals surface area contributed by atoms with E-state index in [4.69, 9.17) is 5.73 Å². The molecule has 2 nitrogen and oxygen atoms in total. The summed E-state index contributed by atoms with van der Waals surface area (Å²) in [5.74, 6) is 0. The summed E-state index contributed by atoms with van der Waals surface area (Å²) in [5.41, 5.74) is 11.2. The Balaban J connectivity index is 2.92. The van der Waals surface area contributed by atoms with Gasteiger partial charge in [0.2, 0.25) is 0 Å². The molecule has 0 aliphatic heterocycles. The topological polar surface area (TPSA) is 38.9 Å². The van der Waals surface area contributed by atoms with Crippen molar-refractivity contribution in [2.75, 3.05) is 5.73 Å². The van der Waals surface area contributed by atoms with Crippen molar-refractivity contribution in [2.45, 2.75) is 20.8 Å². The molecule has 1 heterocycles. The molecular weight excluding hydrogens is 172 g/mol. The zero-order chi connectivity index (χ0) is 10.3. The van der Waals surface area contributed by atoms with Crippen molar-refractivity contribution >= 4 is 16.6 Å². The average Bonchev–Trinajstić information content (AvgIpc) is 2.16. The first-order valence-corrected chi connectivity index (χ1v) is 4.72. The van der Waals surface area contributed by atoms with E-state index in [1.54, 1.807) is 0 Å². The van der Waals surface area contributed by atoms with E-state index in [2.05, 4.69) is 18.8 Å². The van der Waals surface area contributed by atoms with Gasteiger partial charge in [-0.15, -0.1) is 0 Å². The first kappa shape index (κ1) is 9.00. The van der Waals surface area contributed by atoms with E-state index in [0.29, 0.717) is 0 Å². The lowest BCUT2D eigenvalue weighted by molar-refractivity contribution is 1.17. The summed E-state index contributed by atoms with van der Waals surface area (Å²) in [7, 11) is 0. The lowest BCUT2D eigenvalue weighted by atomic mass is 10.0. The highest BCUT2D eigenvalue weighted by Crippen LogP contribution is 2.23. The summed E-state index contributed by atoms with van der Waals surface area (Å²) in [6, 6.07) is 5.86. The van der Waals surface area contributed by atoms with E-state index in [0.717, 1.165) is 22.3 Å². The summed E-state index contributed by atoms with van der Waals surface area (Å²) >= 11 is 0. The number of pyridine rings is 1. The van der Waals surface area contributed by atoms with Gasteiger partial charge in [-0.1, -0.05) is 0 Å². The summed E-state index contributed by atoms with van der Waals surface area (Å²) in [6.07, 6.45) is 0. The predicted molar refractivity (Wildman–Crippen MR) is 60.4 cm³/mol. The van der Waals surface area contributed by atoms with Gasteiger partial charge in [-0.3, -0.25) is 4.98 Å². The third-order valence-electron chi connectivity index (χ3n) is 2.82. The molecule has 2 rings (SSSR count). The minimum atomic E-state index is 0.797. The summed E-state index contributed by atoms with van der Waals surface area (Å²) in [4.78, 5) is 4.52. The van der Waals surface area contributed by atoms with Gasteiger partial charge < -0.3 is 5.73 Å². The van der Waals surface area contributed by atoms with Crippen LogP contribution in [0.15, 0.2) is 18.2 Å². The fourth-order valence-corrected chi connectivity index (χ4v) is 1.69. The monoisotopic (exact) mass is 186 g/mol. The molecule has 2 heteroatoms. The van der Waals surface area contributed by atoms with Crippen molar-refractivity contribution in [1.82, 2.24) is 4.98 Å². The Morgan fingerprint density at radius 2 is 1.79 bits per heavy atom. The molecule has 2 N–H and O–H groups in total. The van der Waals surface area contributed by atoms with Crippen molar-refractivity contribution in [3.8, 4) is 0 Å². The lowest BCUT2D eigenvalue weighted by Gasteiger charge is -2.08. The summed E-state index contributed by atoms with van der Waals surface area (Å²) < 4.78 is 0. The Bertz CT molecular complexity index is 501. The number of benzene rings is 1. The Labute approximate surface area is 83.8 Å². The molecule has 0 fully saturated rings. The van der Waals surface area contributed by atoms with Gasteiger partial charge in [-0.25, -0.2) is 0 Å². The van der Waals surface area contributed by atoms with Crippen LogP contribution in [0.3, 0.4) is 0 Å². The SMILES string of the molecule is Cc1nc2ccc(N)cc2c(C)c1C. The third kappa shape index (κ3) is 1.23. The molecule has 72 valence electrons. The molecule has 0 unspecified atom stereocenters. The van der Waals surface area contributed by atoms with Gasteiger partial charge >= 0.3 is 0 Å². The number of hydrogen-bond acceptors (Lipinski definition) is 2.